The number of carboxylic acid groups (broad SMARTS) is 1. The van der Waals surface area contributed by atoms with Gasteiger partial charge in [-0.3, -0.25) is 9.59 Å². The van der Waals surface area contributed by atoms with Gasteiger partial charge in [0.1, 0.15) is 0 Å². The molecule has 0 aromatic heterocycles. The predicted molar refractivity (Wildman–Crippen MR) is 93.0 cm³/mol. The number of amides is 1. The minimum absolute atomic E-state index is 0.0339. The van der Waals surface area contributed by atoms with Crippen LogP contribution in [0.4, 0.5) is 0 Å². The van der Waals surface area contributed by atoms with Crippen LogP contribution >= 0.6 is 0 Å². The number of hydrogen-bond donors (Lipinski definition) is 1. The molecule has 2 aromatic carbocycles. The normalized spacial score (nSPS) is 11.1. The number of carbonyl (C=O) groups is 2. The second-order valence-electron chi connectivity index (χ2n) is 5.66. The zero-order valence-corrected chi connectivity index (χ0v) is 14.6. The number of aliphatic carboxylic acids is 1. The van der Waals surface area contributed by atoms with Crippen LogP contribution in [0.25, 0.3) is 0 Å². The summed E-state index contributed by atoms with van der Waals surface area (Å²) in [5, 5.41) is 8.91. The van der Waals surface area contributed by atoms with Crippen LogP contribution in [0.15, 0.2) is 59.5 Å². The third kappa shape index (κ3) is 5.42. The van der Waals surface area contributed by atoms with Crippen molar-refractivity contribution in [2.24, 2.45) is 0 Å². The minimum atomic E-state index is -3.43. The zero-order chi connectivity index (χ0) is 18.4. The van der Waals surface area contributed by atoms with Gasteiger partial charge in [-0.2, -0.15) is 0 Å². The van der Waals surface area contributed by atoms with Gasteiger partial charge in [0, 0.05) is 24.9 Å². The maximum absolute atomic E-state index is 12.8. The van der Waals surface area contributed by atoms with Crippen molar-refractivity contribution in [1.82, 2.24) is 4.90 Å². The van der Waals surface area contributed by atoms with E-state index in [0.717, 1.165) is 11.8 Å². The molecule has 0 fully saturated rings. The Balaban J connectivity index is 2.29. The Morgan fingerprint density at radius 1 is 1.04 bits per heavy atom. The third-order valence-electron chi connectivity index (χ3n) is 3.61. The summed E-state index contributed by atoms with van der Waals surface area (Å²) >= 11 is 0. The summed E-state index contributed by atoms with van der Waals surface area (Å²) in [4.78, 5) is 25.1. The van der Waals surface area contributed by atoms with Crippen LogP contribution in [0.1, 0.15) is 22.3 Å². The molecule has 2 rings (SSSR count). The van der Waals surface area contributed by atoms with Crippen molar-refractivity contribution in [3.63, 3.8) is 0 Å². The highest BCUT2D eigenvalue weighted by Gasteiger charge is 2.19. The molecule has 1 amide bonds. The Kier molecular flexibility index (Phi) is 5.93. The van der Waals surface area contributed by atoms with Crippen molar-refractivity contribution >= 4 is 21.7 Å². The van der Waals surface area contributed by atoms with Crippen molar-refractivity contribution in [2.45, 2.75) is 17.9 Å². The van der Waals surface area contributed by atoms with Gasteiger partial charge in [-0.1, -0.05) is 36.4 Å². The van der Waals surface area contributed by atoms with Gasteiger partial charge in [0.15, 0.2) is 9.84 Å². The van der Waals surface area contributed by atoms with Crippen molar-refractivity contribution in [1.29, 1.82) is 0 Å². The fourth-order valence-electron chi connectivity index (χ4n) is 2.33. The zero-order valence-electron chi connectivity index (χ0n) is 13.8. The summed E-state index contributed by atoms with van der Waals surface area (Å²) in [6.45, 7) is 0.280. The van der Waals surface area contributed by atoms with Crippen LogP contribution in [0.3, 0.4) is 0 Å². The van der Waals surface area contributed by atoms with E-state index in [0.29, 0.717) is 0 Å². The van der Waals surface area contributed by atoms with Gasteiger partial charge in [0.25, 0.3) is 5.91 Å². The van der Waals surface area contributed by atoms with Gasteiger partial charge in [-0.05, 0) is 23.8 Å². The molecule has 0 atom stereocenters. The fraction of sp³-hybridized carbons (Fsp3) is 0.222. The molecule has 6 nitrogen and oxygen atoms in total. The van der Waals surface area contributed by atoms with Crippen LogP contribution in [0.2, 0.25) is 0 Å². The molecule has 25 heavy (non-hydrogen) atoms. The number of carboxylic acids is 1. The lowest BCUT2D eigenvalue weighted by Crippen LogP contribution is -2.32. The van der Waals surface area contributed by atoms with Gasteiger partial charge >= 0.3 is 5.97 Å². The summed E-state index contributed by atoms with van der Waals surface area (Å²) in [6, 6.07) is 15.0. The third-order valence-corrected chi connectivity index (χ3v) is 4.72. The van der Waals surface area contributed by atoms with Crippen LogP contribution < -0.4 is 0 Å². The molecule has 7 heteroatoms. The van der Waals surface area contributed by atoms with E-state index in [4.69, 9.17) is 5.11 Å². The van der Waals surface area contributed by atoms with E-state index in [1.165, 1.54) is 29.2 Å². The molecule has 0 spiro atoms. The molecule has 0 aliphatic heterocycles. The molecule has 0 bridgehead atoms. The minimum Gasteiger partial charge on any atom is -0.481 e. The van der Waals surface area contributed by atoms with Crippen LogP contribution in [0.5, 0.6) is 0 Å². The maximum Gasteiger partial charge on any atom is 0.305 e. The lowest BCUT2D eigenvalue weighted by atomic mass is 10.1. The summed E-state index contributed by atoms with van der Waals surface area (Å²) in [6.07, 6.45) is 0.882. The summed E-state index contributed by atoms with van der Waals surface area (Å²) in [7, 11) is -3.43. The Bertz CT molecular complexity index is 862. The van der Waals surface area contributed by atoms with Crippen LogP contribution in [-0.2, 0) is 21.2 Å². The summed E-state index contributed by atoms with van der Waals surface area (Å²) < 4.78 is 23.4. The molecule has 132 valence electrons. The highest BCUT2D eigenvalue weighted by Crippen LogP contribution is 2.15. The highest BCUT2D eigenvalue weighted by atomic mass is 32.2. The molecule has 0 aliphatic carbocycles. The highest BCUT2D eigenvalue weighted by molar-refractivity contribution is 7.90. The van der Waals surface area contributed by atoms with E-state index in [2.05, 4.69) is 0 Å². The second-order valence-corrected chi connectivity index (χ2v) is 7.67. The van der Waals surface area contributed by atoms with E-state index < -0.39 is 21.7 Å². The maximum atomic E-state index is 12.8. The van der Waals surface area contributed by atoms with E-state index in [9.17, 15) is 18.0 Å². The van der Waals surface area contributed by atoms with Crippen molar-refractivity contribution in [3.8, 4) is 0 Å². The van der Waals surface area contributed by atoms with E-state index in [1.54, 1.807) is 0 Å². The average Bonchev–Trinajstić information content (AvgIpc) is 2.58. The average molecular weight is 361 g/mol. The fourth-order valence-corrected chi connectivity index (χ4v) is 3.00. The molecule has 0 saturated heterocycles. The summed E-state index contributed by atoms with van der Waals surface area (Å²) in [5.41, 5.74) is 1.07. The van der Waals surface area contributed by atoms with Crippen molar-refractivity contribution < 1.29 is 23.1 Å². The Hall–Kier alpha value is -2.67. The first-order chi connectivity index (χ1) is 11.8. The van der Waals surface area contributed by atoms with Crippen molar-refractivity contribution in [3.05, 3.63) is 65.7 Å². The quantitative estimate of drug-likeness (QED) is 0.816. The molecular formula is C18H19NO5S. The van der Waals surface area contributed by atoms with Gasteiger partial charge < -0.3 is 10.0 Å². The lowest BCUT2D eigenvalue weighted by Gasteiger charge is -2.22. The first-order valence-electron chi connectivity index (χ1n) is 7.62. The molecule has 0 unspecified atom stereocenters. The lowest BCUT2D eigenvalue weighted by molar-refractivity contribution is -0.137. The van der Waals surface area contributed by atoms with E-state index >= 15 is 0 Å². The molecule has 0 aliphatic rings. The number of benzene rings is 2. The van der Waals surface area contributed by atoms with Crippen LogP contribution in [-0.4, -0.2) is 43.1 Å². The van der Waals surface area contributed by atoms with Crippen LogP contribution in [0, 0.1) is 0 Å². The molecule has 1 N–H and O–H groups in total. The van der Waals surface area contributed by atoms with E-state index in [1.807, 2.05) is 30.3 Å². The molecule has 0 heterocycles. The molecule has 0 radical (unpaired) electrons. The largest absolute Gasteiger partial charge is 0.481 e. The Morgan fingerprint density at radius 2 is 1.72 bits per heavy atom. The number of hydrogen-bond acceptors (Lipinski definition) is 4. The number of carbonyl (C=O) groups excluding carboxylic acids is 1. The van der Waals surface area contributed by atoms with Gasteiger partial charge in [-0.25, -0.2) is 8.42 Å². The topological polar surface area (TPSA) is 91.8 Å². The standard InChI is InChI=1S/C18H19NO5S/c1-25(23,24)16-9-5-8-15(12-16)18(22)19(11-10-17(20)21)13-14-6-3-2-4-7-14/h2-9,12H,10-11,13H2,1H3,(H,20,21). The van der Waals surface area contributed by atoms with E-state index in [-0.39, 0.29) is 30.0 Å². The number of sulfone groups is 1. The SMILES string of the molecule is CS(=O)(=O)c1cccc(C(=O)N(CCC(=O)O)Cc2ccccc2)c1. The van der Waals surface area contributed by atoms with Crippen molar-refractivity contribution in [2.75, 3.05) is 12.8 Å². The van der Waals surface area contributed by atoms with Gasteiger partial charge in [0.2, 0.25) is 0 Å². The molecular weight excluding hydrogens is 342 g/mol. The monoisotopic (exact) mass is 361 g/mol. The van der Waals surface area contributed by atoms with Gasteiger partial charge in [0.05, 0.1) is 11.3 Å². The number of rotatable bonds is 7. The smallest absolute Gasteiger partial charge is 0.305 e. The molecule has 2 aromatic rings. The predicted octanol–water partition coefficient (Wildman–Crippen LogP) is 2.21. The first kappa shape index (κ1) is 18.7. The molecule has 0 saturated carbocycles. The Morgan fingerprint density at radius 3 is 2.32 bits per heavy atom. The van der Waals surface area contributed by atoms with Gasteiger partial charge in [-0.15, -0.1) is 0 Å². The summed E-state index contributed by atoms with van der Waals surface area (Å²) in [5.74, 6) is -1.41. The second kappa shape index (κ2) is 7.94. The first-order valence-corrected chi connectivity index (χ1v) is 9.51. The number of nitrogens with zero attached hydrogens (tertiary/aromatic N) is 1. The Labute approximate surface area is 146 Å².